The lowest BCUT2D eigenvalue weighted by Gasteiger charge is -2.06. The summed E-state index contributed by atoms with van der Waals surface area (Å²) in [6.07, 6.45) is -4.65. The zero-order valence-electron chi connectivity index (χ0n) is 12.7. The Morgan fingerprint density at radius 3 is 2.19 bits per heavy atom. The van der Waals surface area contributed by atoms with Gasteiger partial charge in [-0.1, -0.05) is 35.3 Å². The van der Waals surface area contributed by atoms with Gasteiger partial charge in [0, 0.05) is 9.92 Å². The summed E-state index contributed by atoms with van der Waals surface area (Å²) in [5, 5.41) is 0.139. The maximum absolute atomic E-state index is 13.3. The van der Waals surface area contributed by atoms with Crippen LogP contribution in [0.3, 0.4) is 0 Å². The summed E-state index contributed by atoms with van der Waals surface area (Å²) in [4.78, 5) is 2.25. The monoisotopic (exact) mass is 421 g/mol. The van der Waals surface area contributed by atoms with Crippen LogP contribution in [0.1, 0.15) is 5.69 Å². The Labute approximate surface area is 158 Å². The van der Waals surface area contributed by atoms with Gasteiger partial charge in [0.1, 0.15) is 11.5 Å². The van der Waals surface area contributed by atoms with E-state index >= 15 is 0 Å². The maximum atomic E-state index is 13.3. The highest BCUT2D eigenvalue weighted by Gasteiger charge is 2.35. The number of aromatic amines is 1. The van der Waals surface area contributed by atoms with Crippen LogP contribution >= 0.6 is 23.2 Å². The van der Waals surface area contributed by atoms with Crippen molar-refractivity contribution in [3.8, 4) is 11.3 Å². The van der Waals surface area contributed by atoms with Crippen LogP contribution in [0.5, 0.6) is 0 Å². The van der Waals surface area contributed by atoms with Gasteiger partial charge in [-0.25, -0.2) is 8.60 Å². The normalized spacial score (nSPS) is 13.0. The summed E-state index contributed by atoms with van der Waals surface area (Å²) < 4.78 is 65.5. The summed E-state index contributed by atoms with van der Waals surface area (Å²) in [7, 11) is -2.01. The average molecular weight is 422 g/mol. The van der Waals surface area contributed by atoms with E-state index < -0.39 is 28.5 Å². The molecule has 1 atom stereocenters. The van der Waals surface area contributed by atoms with Crippen molar-refractivity contribution in [3.63, 3.8) is 0 Å². The zero-order valence-corrected chi connectivity index (χ0v) is 15.0. The first-order valence-corrected chi connectivity index (χ1v) is 9.00. The Morgan fingerprint density at radius 1 is 0.962 bits per heavy atom. The highest BCUT2D eigenvalue weighted by atomic mass is 35.5. The molecule has 26 heavy (non-hydrogen) atoms. The van der Waals surface area contributed by atoms with Gasteiger partial charge in [-0.3, -0.25) is 0 Å². The second kappa shape index (κ2) is 7.06. The van der Waals surface area contributed by atoms with Crippen molar-refractivity contribution in [1.82, 2.24) is 4.98 Å². The van der Waals surface area contributed by atoms with Crippen LogP contribution in [0, 0.1) is 5.82 Å². The molecule has 0 radical (unpaired) electrons. The maximum Gasteiger partial charge on any atom is 0.431 e. The van der Waals surface area contributed by atoms with E-state index in [1.807, 2.05) is 0 Å². The summed E-state index contributed by atoms with van der Waals surface area (Å²) in [6, 6.07) is 10.1. The highest BCUT2D eigenvalue weighted by molar-refractivity contribution is 7.85. The van der Waals surface area contributed by atoms with E-state index in [4.69, 9.17) is 23.2 Å². The predicted octanol–water partition coefficient (Wildman–Crippen LogP) is 6.31. The molecule has 0 aliphatic heterocycles. The lowest BCUT2D eigenvalue weighted by molar-refractivity contribution is -0.140. The summed E-state index contributed by atoms with van der Waals surface area (Å²) in [5.74, 6) is -0.713. The van der Waals surface area contributed by atoms with Gasteiger partial charge >= 0.3 is 6.18 Å². The van der Waals surface area contributed by atoms with Gasteiger partial charge in [0.25, 0.3) is 0 Å². The van der Waals surface area contributed by atoms with Crippen molar-refractivity contribution in [1.29, 1.82) is 0 Å². The van der Waals surface area contributed by atoms with Crippen LogP contribution in [0.2, 0.25) is 10.0 Å². The number of aromatic nitrogens is 1. The van der Waals surface area contributed by atoms with Crippen molar-refractivity contribution in [2.45, 2.75) is 16.0 Å². The molecule has 2 nitrogen and oxygen atoms in total. The topological polar surface area (TPSA) is 32.9 Å². The summed E-state index contributed by atoms with van der Waals surface area (Å²) in [6.45, 7) is 0. The van der Waals surface area contributed by atoms with Crippen LogP contribution in [0.15, 0.2) is 58.3 Å². The molecule has 0 fully saturated rings. The molecule has 0 bridgehead atoms. The lowest BCUT2D eigenvalue weighted by Crippen LogP contribution is -2.04. The van der Waals surface area contributed by atoms with E-state index in [0.717, 1.165) is 18.2 Å². The standard InChI is InChI=1S/C17H9Cl2F4NOS/c18-10-3-1-9(2-4-10)16-14(8-15(24-16)17(21,22)23)26(25)11-5-6-13(20)12(19)7-11/h1-8,24H. The van der Waals surface area contributed by atoms with Gasteiger partial charge in [0.2, 0.25) is 0 Å². The van der Waals surface area contributed by atoms with E-state index in [1.165, 1.54) is 30.3 Å². The van der Waals surface area contributed by atoms with Crippen LogP contribution in [0.4, 0.5) is 17.6 Å². The van der Waals surface area contributed by atoms with Crippen molar-refractivity contribution in [2.24, 2.45) is 0 Å². The number of alkyl halides is 3. The molecule has 0 aliphatic rings. The Balaban J connectivity index is 2.15. The van der Waals surface area contributed by atoms with E-state index in [9.17, 15) is 21.8 Å². The molecule has 1 heterocycles. The zero-order chi connectivity index (χ0) is 19.1. The van der Waals surface area contributed by atoms with Gasteiger partial charge in [-0.05, 0) is 42.0 Å². The van der Waals surface area contributed by atoms with Crippen molar-refractivity contribution < 1.29 is 21.8 Å². The molecule has 9 heteroatoms. The SMILES string of the molecule is O=S(c1ccc(F)c(Cl)c1)c1cc(C(F)(F)F)[nH]c1-c1ccc(Cl)cc1. The largest absolute Gasteiger partial charge is 0.431 e. The molecule has 2 aromatic carbocycles. The van der Waals surface area contributed by atoms with Crippen LogP contribution < -0.4 is 0 Å². The fourth-order valence-corrected chi connectivity index (χ4v) is 3.91. The molecule has 1 N–H and O–H groups in total. The molecule has 0 aliphatic carbocycles. The summed E-state index contributed by atoms with van der Waals surface area (Å²) in [5.41, 5.74) is -0.631. The minimum Gasteiger partial charge on any atom is -0.350 e. The van der Waals surface area contributed by atoms with Gasteiger partial charge in [0.05, 0.1) is 26.4 Å². The Morgan fingerprint density at radius 2 is 1.62 bits per heavy atom. The molecular formula is C17H9Cl2F4NOS. The fourth-order valence-electron chi connectivity index (χ4n) is 2.28. The third-order valence-electron chi connectivity index (χ3n) is 3.52. The molecule has 1 aromatic heterocycles. The summed E-state index contributed by atoms with van der Waals surface area (Å²) >= 11 is 11.5. The number of hydrogen-bond donors (Lipinski definition) is 1. The number of rotatable bonds is 3. The van der Waals surface area contributed by atoms with Gasteiger partial charge in [-0.15, -0.1) is 0 Å². The third-order valence-corrected chi connectivity index (χ3v) is 5.47. The number of hydrogen-bond acceptors (Lipinski definition) is 1. The Hall–Kier alpha value is -1.83. The molecular weight excluding hydrogens is 413 g/mol. The van der Waals surface area contributed by atoms with Gasteiger partial charge in [-0.2, -0.15) is 13.2 Å². The quantitative estimate of drug-likeness (QED) is 0.493. The molecule has 3 rings (SSSR count). The molecule has 0 spiro atoms. The second-order valence-electron chi connectivity index (χ2n) is 5.27. The molecule has 0 amide bonds. The van der Waals surface area contributed by atoms with Crippen LogP contribution in [0.25, 0.3) is 11.3 Å². The van der Waals surface area contributed by atoms with Crippen molar-refractivity contribution in [3.05, 3.63) is 70.1 Å². The van der Waals surface area contributed by atoms with E-state index in [-0.39, 0.29) is 20.5 Å². The lowest BCUT2D eigenvalue weighted by atomic mass is 10.2. The first-order chi connectivity index (χ1) is 12.2. The molecule has 136 valence electrons. The smallest absolute Gasteiger partial charge is 0.350 e. The minimum absolute atomic E-state index is 0.0350. The van der Waals surface area contributed by atoms with E-state index in [0.29, 0.717) is 10.6 Å². The Bertz CT molecular complexity index is 983. The van der Waals surface area contributed by atoms with Crippen LogP contribution in [-0.2, 0) is 17.0 Å². The van der Waals surface area contributed by atoms with E-state index in [1.54, 1.807) is 0 Å². The highest BCUT2D eigenvalue weighted by Crippen LogP contribution is 2.37. The first kappa shape index (κ1) is 18.9. The molecule has 3 aromatic rings. The fraction of sp³-hybridized carbons (Fsp3) is 0.0588. The number of benzene rings is 2. The molecule has 1 unspecified atom stereocenters. The second-order valence-corrected chi connectivity index (χ2v) is 7.56. The Kier molecular flexibility index (Phi) is 5.14. The van der Waals surface area contributed by atoms with Crippen LogP contribution in [-0.4, -0.2) is 9.19 Å². The first-order valence-electron chi connectivity index (χ1n) is 7.10. The van der Waals surface area contributed by atoms with E-state index in [2.05, 4.69) is 4.98 Å². The third kappa shape index (κ3) is 3.79. The molecule has 0 saturated carbocycles. The average Bonchev–Trinajstić information content (AvgIpc) is 3.03. The number of nitrogens with one attached hydrogen (secondary N) is 1. The van der Waals surface area contributed by atoms with Crippen molar-refractivity contribution >= 4 is 34.0 Å². The minimum atomic E-state index is -4.65. The predicted molar refractivity (Wildman–Crippen MR) is 92.3 cm³/mol. The van der Waals surface area contributed by atoms with Crippen molar-refractivity contribution in [2.75, 3.05) is 0 Å². The van der Waals surface area contributed by atoms with Gasteiger partial charge in [0.15, 0.2) is 0 Å². The number of H-pyrrole nitrogens is 1. The molecule has 0 saturated heterocycles. The van der Waals surface area contributed by atoms with Gasteiger partial charge < -0.3 is 4.98 Å². The number of halogens is 6.